The number of hydrogen-bond acceptors (Lipinski definition) is 1. The molecule has 0 aliphatic carbocycles. The zero-order valence-electron chi connectivity index (χ0n) is 12.7. The second kappa shape index (κ2) is 7.55. The predicted octanol–water partition coefficient (Wildman–Crippen LogP) is 3.19. The van der Waals surface area contributed by atoms with E-state index in [2.05, 4.69) is 0 Å². The van der Waals surface area contributed by atoms with Gasteiger partial charge in [0, 0.05) is 0 Å². The van der Waals surface area contributed by atoms with Crippen molar-refractivity contribution in [2.45, 2.75) is 5.41 Å². The van der Waals surface area contributed by atoms with Crippen LogP contribution in [-0.4, -0.2) is 38.4 Å². The van der Waals surface area contributed by atoms with E-state index in [-0.39, 0.29) is 27.3 Å². The van der Waals surface area contributed by atoms with Crippen molar-refractivity contribution < 1.29 is 9.90 Å². The van der Waals surface area contributed by atoms with E-state index in [9.17, 15) is 9.90 Å². The van der Waals surface area contributed by atoms with E-state index in [0.29, 0.717) is 0 Å². The number of aliphatic carboxylic acids is 1. The molecule has 0 bridgehead atoms. The molecule has 0 heterocycles. The first-order valence-electron chi connectivity index (χ1n) is 7.16. The summed E-state index contributed by atoms with van der Waals surface area (Å²) in [6, 6.07) is 28.1. The van der Waals surface area contributed by atoms with Crippen LogP contribution in [0.2, 0.25) is 0 Å². The van der Waals surface area contributed by atoms with Crippen molar-refractivity contribution >= 4 is 33.3 Å². The van der Waals surface area contributed by atoms with Gasteiger partial charge < -0.3 is 5.11 Å². The second-order valence-electron chi connectivity index (χ2n) is 5.15. The normalized spacial score (nSPS) is 10.6. The molecule has 0 amide bonds. The molecule has 3 aromatic rings. The Balaban J connectivity index is 0.00000192. The molecule has 3 heteroatoms. The summed E-state index contributed by atoms with van der Waals surface area (Å²) in [4.78, 5) is 12.4. The molecule has 0 saturated carbocycles. The van der Waals surface area contributed by atoms with Crippen molar-refractivity contribution in [3.63, 3.8) is 0 Å². The minimum atomic E-state index is -1.20. The van der Waals surface area contributed by atoms with E-state index in [1.54, 1.807) is 0 Å². The molecule has 0 aliphatic heterocycles. The van der Waals surface area contributed by atoms with Crippen molar-refractivity contribution in [1.29, 1.82) is 0 Å². The van der Waals surface area contributed by atoms with E-state index in [1.807, 2.05) is 91.0 Å². The van der Waals surface area contributed by atoms with Crippen LogP contribution in [0.3, 0.4) is 0 Å². The zero-order chi connectivity index (χ0) is 15.4. The summed E-state index contributed by atoms with van der Waals surface area (Å²) in [6.45, 7) is 0. The number of carboxylic acids is 1. The first kappa shape index (κ1) is 17.4. The fourth-order valence-corrected chi connectivity index (χ4v) is 2.93. The van der Waals surface area contributed by atoms with Crippen molar-refractivity contribution in [3.8, 4) is 0 Å². The van der Waals surface area contributed by atoms with E-state index in [0.717, 1.165) is 16.7 Å². The van der Waals surface area contributed by atoms with Crippen LogP contribution in [0.15, 0.2) is 91.0 Å². The molecular formula is C20H18O2Pb. The predicted molar refractivity (Wildman–Crippen MR) is 95.4 cm³/mol. The fourth-order valence-electron chi connectivity index (χ4n) is 2.93. The standard InChI is InChI=1S/C20H16O2.Pb.2H/c21-19(22)20(16-10-4-1-5-11-16,17-12-6-2-7-13-17)18-14-8-3-9-15-18;;;/h1-15H,(H,21,22);;;. The second-order valence-corrected chi connectivity index (χ2v) is 5.15. The molecule has 0 saturated heterocycles. The molecule has 0 unspecified atom stereocenters. The first-order valence-corrected chi connectivity index (χ1v) is 7.16. The van der Waals surface area contributed by atoms with Crippen molar-refractivity contribution in [2.24, 2.45) is 0 Å². The van der Waals surface area contributed by atoms with Crippen LogP contribution in [0.25, 0.3) is 0 Å². The number of benzene rings is 3. The Kier molecular flexibility index (Phi) is 5.71. The van der Waals surface area contributed by atoms with Gasteiger partial charge in [0.25, 0.3) is 0 Å². The number of hydrogen-bond donors (Lipinski definition) is 1. The van der Waals surface area contributed by atoms with Crippen LogP contribution < -0.4 is 0 Å². The fraction of sp³-hybridized carbons (Fsp3) is 0.0500. The number of rotatable bonds is 4. The summed E-state index contributed by atoms with van der Waals surface area (Å²) >= 11 is 0. The van der Waals surface area contributed by atoms with Crippen LogP contribution in [0.5, 0.6) is 0 Å². The van der Waals surface area contributed by atoms with Gasteiger partial charge in [-0.2, -0.15) is 0 Å². The first-order chi connectivity index (χ1) is 10.8. The summed E-state index contributed by atoms with van der Waals surface area (Å²) in [5, 5.41) is 10.2. The van der Waals surface area contributed by atoms with Gasteiger partial charge in [0.2, 0.25) is 0 Å². The minimum absolute atomic E-state index is 0. The average molecular weight is 498 g/mol. The molecule has 2 nitrogen and oxygen atoms in total. The van der Waals surface area contributed by atoms with Crippen LogP contribution >= 0.6 is 0 Å². The SMILES string of the molecule is O=C(O)C(c1ccccc1)(c1ccccc1)c1ccccc1.[PbH2]. The molecule has 114 valence electrons. The monoisotopic (exact) mass is 498 g/mol. The van der Waals surface area contributed by atoms with Gasteiger partial charge in [-0.15, -0.1) is 0 Å². The Hall–Kier alpha value is -1.95. The van der Waals surface area contributed by atoms with Gasteiger partial charge >= 0.3 is 33.3 Å². The molecule has 0 atom stereocenters. The Bertz CT molecular complexity index is 659. The quantitative estimate of drug-likeness (QED) is 0.444. The maximum absolute atomic E-state index is 12.4. The Morgan fingerprint density at radius 1 is 0.609 bits per heavy atom. The van der Waals surface area contributed by atoms with Gasteiger partial charge in [-0.1, -0.05) is 91.0 Å². The third-order valence-corrected chi connectivity index (χ3v) is 3.94. The molecule has 2 radical (unpaired) electrons. The molecular weight excluding hydrogens is 479 g/mol. The van der Waals surface area contributed by atoms with Gasteiger partial charge in [0.15, 0.2) is 0 Å². The van der Waals surface area contributed by atoms with Crippen LogP contribution in [0.4, 0.5) is 0 Å². The summed E-state index contributed by atoms with van der Waals surface area (Å²) < 4.78 is 0. The molecule has 3 aromatic carbocycles. The van der Waals surface area contributed by atoms with E-state index in [1.165, 1.54) is 0 Å². The van der Waals surface area contributed by atoms with Crippen molar-refractivity contribution in [2.75, 3.05) is 0 Å². The van der Waals surface area contributed by atoms with Crippen molar-refractivity contribution in [3.05, 3.63) is 108 Å². The Labute approximate surface area is 156 Å². The van der Waals surface area contributed by atoms with Crippen LogP contribution in [0, 0.1) is 0 Å². The molecule has 0 fully saturated rings. The maximum atomic E-state index is 12.4. The van der Waals surface area contributed by atoms with Crippen LogP contribution in [0.1, 0.15) is 16.7 Å². The number of carbonyl (C=O) groups is 1. The van der Waals surface area contributed by atoms with Gasteiger partial charge in [-0.3, -0.25) is 4.79 Å². The summed E-state index contributed by atoms with van der Waals surface area (Å²) in [5.74, 6) is -0.879. The third-order valence-electron chi connectivity index (χ3n) is 3.94. The van der Waals surface area contributed by atoms with E-state index < -0.39 is 11.4 Å². The van der Waals surface area contributed by atoms with Gasteiger partial charge in [0.1, 0.15) is 5.41 Å². The Morgan fingerprint density at radius 3 is 1.09 bits per heavy atom. The third kappa shape index (κ3) is 3.08. The molecule has 1 N–H and O–H groups in total. The topological polar surface area (TPSA) is 37.3 Å². The van der Waals surface area contributed by atoms with Crippen LogP contribution in [-0.2, 0) is 10.2 Å². The van der Waals surface area contributed by atoms with Gasteiger partial charge in [-0.05, 0) is 16.7 Å². The molecule has 0 aromatic heterocycles. The average Bonchev–Trinajstić information content (AvgIpc) is 2.58. The molecule has 23 heavy (non-hydrogen) atoms. The van der Waals surface area contributed by atoms with Gasteiger partial charge in [-0.25, -0.2) is 0 Å². The molecule has 0 aliphatic rings. The van der Waals surface area contributed by atoms with E-state index >= 15 is 0 Å². The number of carboxylic acid groups (broad SMARTS) is 1. The zero-order valence-corrected chi connectivity index (χ0v) is 18.2. The van der Waals surface area contributed by atoms with Crippen molar-refractivity contribution in [1.82, 2.24) is 0 Å². The summed E-state index contributed by atoms with van der Waals surface area (Å²) in [7, 11) is 0. The molecule has 0 spiro atoms. The summed E-state index contributed by atoms with van der Waals surface area (Å²) in [6.07, 6.45) is 0. The van der Waals surface area contributed by atoms with Gasteiger partial charge in [0.05, 0.1) is 0 Å². The summed E-state index contributed by atoms with van der Waals surface area (Å²) in [5.41, 5.74) is 1.05. The molecule has 3 rings (SSSR count). The van der Waals surface area contributed by atoms with E-state index in [4.69, 9.17) is 0 Å². The Morgan fingerprint density at radius 2 is 0.870 bits per heavy atom.